The van der Waals surface area contributed by atoms with Crippen molar-refractivity contribution < 1.29 is 4.79 Å². The van der Waals surface area contributed by atoms with Gasteiger partial charge in [0.05, 0.1) is 17.9 Å². The van der Waals surface area contributed by atoms with Crippen LogP contribution in [0.25, 0.3) is 0 Å². The first kappa shape index (κ1) is 13.1. The molecular weight excluding hydrogens is 246 g/mol. The number of aryl methyl sites for hydroxylation is 2. The van der Waals surface area contributed by atoms with E-state index in [1.807, 2.05) is 18.4 Å². The summed E-state index contributed by atoms with van der Waals surface area (Å²) in [5.74, 6) is 0.375. The van der Waals surface area contributed by atoms with E-state index in [4.69, 9.17) is 5.73 Å². The molecule has 2 aromatic heterocycles. The Balaban J connectivity index is 2.03. The fraction of sp³-hybridized carbons (Fsp3) is 0.455. The Morgan fingerprint density at radius 1 is 1.53 bits per heavy atom. The highest BCUT2D eigenvalue weighted by atomic mass is 16.2. The Labute approximate surface area is 110 Å². The van der Waals surface area contributed by atoms with Crippen LogP contribution < -0.4 is 11.1 Å². The Morgan fingerprint density at radius 2 is 2.32 bits per heavy atom. The average molecular weight is 263 g/mol. The van der Waals surface area contributed by atoms with Gasteiger partial charge in [-0.25, -0.2) is 0 Å². The molecule has 8 nitrogen and oxygen atoms in total. The lowest BCUT2D eigenvalue weighted by Gasteiger charge is -2.04. The number of amides is 1. The van der Waals surface area contributed by atoms with Gasteiger partial charge in [0.25, 0.3) is 5.91 Å². The molecule has 0 aliphatic carbocycles. The van der Waals surface area contributed by atoms with Crippen LogP contribution in [0.1, 0.15) is 35.9 Å². The number of nitrogens with zero attached hydrogens (tertiary/aromatic N) is 4. The summed E-state index contributed by atoms with van der Waals surface area (Å²) in [4.78, 5) is 12.0. The van der Waals surface area contributed by atoms with Crippen LogP contribution in [0, 0.1) is 0 Å². The molecule has 4 N–H and O–H groups in total. The van der Waals surface area contributed by atoms with Gasteiger partial charge in [0.1, 0.15) is 6.33 Å². The minimum atomic E-state index is -0.320. The number of rotatable bonds is 5. The highest BCUT2D eigenvalue weighted by molar-refractivity contribution is 5.97. The van der Waals surface area contributed by atoms with Crippen molar-refractivity contribution in [2.45, 2.75) is 33.4 Å². The predicted octanol–water partition coefficient (Wildman–Crippen LogP) is 0.0957. The largest absolute Gasteiger partial charge is 0.395 e. The molecule has 0 saturated heterocycles. The highest BCUT2D eigenvalue weighted by Crippen LogP contribution is 2.14. The number of hydrogen-bond donors (Lipinski definition) is 3. The molecule has 2 heterocycles. The second kappa shape index (κ2) is 5.51. The molecule has 0 bridgehead atoms. The van der Waals surface area contributed by atoms with E-state index in [0.717, 1.165) is 12.2 Å². The number of anilines is 1. The van der Waals surface area contributed by atoms with Gasteiger partial charge in [-0.05, 0) is 13.3 Å². The van der Waals surface area contributed by atoms with Crippen LogP contribution in [0.5, 0.6) is 0 Å². The van der Waals surface area contributed by atoms with Gasteiger partial charge >= 0.3 is 0 Å². The predicted molar refractivity (Wildman–Crippen MR) is 69.2 cm³/mol. The topological polar surface area (TPSA) is 115 Å². The monoisotopic (exact) mass is 263 g/mol. The van der Waals surface area contributed by atoms with Gasteiger partial charge in [0, 0.05) is 6.54 Å². The fourth-order valence-corrected chi connectivity index (χ4v) is 1.75. The first-order chi connectivity index (χ1) is 9.17. The van der Waals surface area contributed by atoms with Gasteiger partial charge < -0.3 is 15.6 Å². The van der Waals surface area contributed by atoms with Crippen molar-refractivity contribution in [1.82, 2.24) is 30.3 Å². The van der Waals surface area contributed by atoms with E-state index >= 15 is 0 Å². The van der Waals surface area contributed by atoms with Gasteiger partial charge in [-0.1, -0.05) is 6.92 Å². The molecule has 0 spiro atoms. The minimum Gasteiger partial charge on any atom is -0.395 e. The minimum absolute atomic E-state index is 0.222. The second-order valence-electron chi connectivity index (χ2n) is 4.03. The molecule has 8 heteroatoms. The van der Waals surface area contributed by atoms with Crippen LogP contribution in [0.4, 0.5) is 5.69 Å². The zero-order valence-electron chi connectivity index (χ0n) is 11.0. The quantitative estimate of drug-likeness (QED) is 0.707. The first-order valence-corrected chi connectivity index (χ1v) is 6.14. The van der Waals surface area contributed by atoms with Gasteiger partial charge in [-0.15, -0.1) is 10.2 Å². The number of H-pyrrole nitrogens is 1. The fourth-order valence-electron chi connectivity index (χ4n) is 1.75. The molecule has 0 fully saturated rings. The number of nitrogens with two attached hydrogens (primary N) is 1. The standard InChI is InChI=1S/C11H17N7O/c1-3-7-9(12)10(17-15-7)11(19)13-5-8-16-14-6-18(8)4-2/h6H,3-5,12H2,1-2H3,(H,13,19)(H,15,17). The Bertz CT molecular complexity index is 571. The van der Waals surface area contributed by atoms with Gasteiger partial charge in [0.2, 0.25) is 0 Å². The molecule has 0 aliphatic heterocycles. The SMILES string of the molecule is CCc1[nH]nc(C(=O)NCc2nncn2CC)c1N. The maximum atomic E-state index is 12.0. The van der Waals surface area contributed by atoms with Crippen LogP contribution in [-0.2, 0) is 19.5 Å². The summed E-state index contributed by atoms with van der Waals surface area (Å²) in [5, 5.41) is 17.1. The van der Waals surface area contributed by atoms with Crippen molar-refractivity contribution in [3.8, 4) is 0 Å². The number of nitrogens with one attached hydrogen (secondary N) is 2. The lowest BCUT2D eigenvalue weighted by Crippen LogP contribution is -2.25. The summed E-state index contributed by atoms with van der Waals surface area (Å²) in [6.45, 7) is 4.96. The van der Waals surface area contributed by atoms with Gasteiger partial charge in [-0.3, -0.25) is 9.89 Å². The molecular formula is C11H17N7O. The van der Waals surface area contributed by atoms with E-state index in [2.05, 4.69) is 25.7 Å². The van der Waals surface area contributed by atoms with E-state index in [-0.39, 0.29) is 11.6 Å². The molecule has 0 atom stereocenters. The summed E-state index contributed by atoms with van der Waals surface area (Å²) in [7, 11) is 0. The van der Waals surface area contributed by atoms with Crippen molar-refractivity contribution in [3.05, 3.63) is 23.5 Å². The highest BCUT2D eigenvalue weighted by Gasteiger charge is 2.16. The third-order valence-corrected chi connectivity index (χ3v) is 2.90. The van der Waals surface area contributed by atoms with Crippen molar-refractivity contribution in [3.63, 3.8) is 0 Å². The number of aromatic nitrogens is 5. The van der Waals surface area contributed by atoms with E-state index in [1.54, 1.807) is 6.33 Å². The lowest BCUT2D eigenvalue weighted by molar-refractivity contribution is 0.0945. The molecule has 0 radical (unpaired) electrons. The summed E-state index contributed by atoms with van der Waals surface area (Å²) in [5.41, 5.74) is 7.22. The molecule has 0 aliphatic rings. The molecule has 1 amide bonds. The van der Waals surface area contributed by atoms with Gasteiger partial charge in [-0.2, -0.15) is 5.10 Å². The molecule has 0 saturated carbocycles. The summed E-state index contributed by atoms with van der Waals surface area (Å²) < 4.78 is 1.85. The molecule has 19 heavy (non-hydrogen) atoms. The normalized spacial score (nSPS) is 10.6. The van der Waals surface area contributed by atoms with Crippen LogP contribution in [-0.4, -0.2) is 30.9 Å². The molecule has 2 aromatic rings. The van der Waals surface area contributed by atoms with Gasteiger partial charge in [0.15, 0.2) is 11.5 Å². The van der Waals surface area contributed by atoms with Crippen molar-refractivity contribution in [1.29, 1.82) is 0 Å². The van der Waals surface area contributed by atoms with E-state index in [0.29, 0.717) is 24.5 Å². The van der Waals surface area contributed by atoms with Crippen molar-refractivity contribution in [2.75, 3.05) is 5.73 Å². The third-order valence-electron chi connectivity index (χ3n) is 2.90. The number of aromatic amines is 1. The molecule has 0 aromatic carbocycles. The lowest BCUT2D eigenvalue weighted by atomic mass is 10.2. The average Bonchev–Trinajstić information content (AvgIpc) is 3.01. The zero-order chi connectivity index (χ0) is 13.8. The summed E-state index contributed by atoms with van der Waals surface area (Å²) in [6, 6.07) is 0. The smallest absolute Gasteiger partial charge is 0.274 e. The van der Waals surface area contributed by atoms with E-state index in [1.165, 1.54) is 0 Å². The summed E-state index contributed by atoms with van der Waals surface area (Å²) in [6.07, 6.45) is 2.33. The number of carbonyl (C=O) groups excluding carboxylic acids is 1. The Morgan fingerprint density at radius 3 is 2.95 bits per heavy atom. The van der Waals surface area contributed by atoms with Crippen LogP contribution in [0.3, 0.4) is 0 Å². The van der Waals surface area contributed by atoms with Crippen molar-refractivity contribution in [2.24, 2.45) is 0 Å². The third kappa shape index (κ3) is 2.56. The zero-order valence-corrected chi connectivity index (χ0v) is 11.0. The van der Waals surface area contributed by atoms with Crippen LogP contribution >= 0.6 is 0 Å². The molecule has 2 rings (SSSR count). The maximum Gasteiger partial charge on any atom is 0.274 e. The molecule has 102 valence electrons. The maximum absolute atomic E-state index is 12.0. The van der Waals surface area contributed by atoms with E-state index in [9.17, 15) is 4.79 Å². The first-order valence-electron chi connectivity index (χ1n) is 6.14. The number of hydrogen-bond acceptors (Lipinski definition) is 5. The summed E-state index contributed by atoms with van der Waals surface area (Å²) >= 11 is 0. The second-order valence-corrected chi connectivity index (χ2v) is 4.03. The Kier molecular flexibility index (Phi) is 3.79. The number of nitrogen functional groups attached to an aromatic ring is 1. The molecule has 0 unspecified atom stereocenters. The van der Waals surface area contributed by atoms with E-state index < -0.39 is 0 Å². The number of carbonyl (C=O) groups is 1. The van der Waals surface area contributed by atoms with Crippen molar-refractivity contribution >= 4 is 11.6 Å². The Hall–Kier alpha value is -2.38. The van der Waals surface area contributed by atoms with Crippen LogP contribution in [0.2, 0.25) is 0 Å². The van der Waals surface area contributed by atoms with Crippen LogP contribution in [0.15, 0.2) is 6.33 Å².